The molecule has 1 aliphatic carbocycles. The maximum atomic E-state index is 12.5. The van der Waals surface area contributed by atoms with Crippen molar-refractivity contribution in [3.05, 3.63) is 21.9 Å². The van der Waals surface area contributed by atoms with Gasteiger partial charge in [-0.1, -0.05) is 6.42 Å². The average molecular weight is 249 g/mol. The van der Waals surface area contributed by atoms with Crippen LogP contribution in [0, 0.1) is 0 Å². The Morgan fingerprint density at radius 1 is 1.31 bits per heavy atom. The number of alkyl halides is 3. The van der Waals surface area contributed by atoms with Crippen LogP contribution in [-0.4, -0.2) is 6.54 Å². The third-order valence-electron chi connectivity index (χ3n) is 3.34. The fraction of sp³-hybridized carbons (Fsp3) is 0.636. The Morgan fingerprint density at radius 2 is 2.00 bits per heavy atom. The Morgan fingerprint density at radius 3 is 2.38 bits per heavy atom. The summed E-state index contributed by atoms with van der Waals surface area (Å²) in [6, 6.07) is 2.82. The maximum Gasteiger partial charge on any atom is 0.425 e. The van der Waals surface area contributed by atoms with Crippen molar-refractivity contribution in [2.24, 2.45) is 5.73 Å². The first-order valence-corrected chi connectivity index (χ1v) is 6.17. The average Bonchev–Trinajstić information content (AvgIpc) is 2.59. The zero-order valence-corrected chi connectivity index (χ0v) is 9.63. The maximum absolute atomic E-state index is 12.5. The van der Waals surface area contributed by atoms with E-state index in [9.17, 15) is 13.2 Å². The van der Waals surface area contributed by atoms with E-state index in [-0.39, 0.29) is 5.41 Å². The molecule has 1 nitrogen and oxygen atoms in total. The van der Waals surface area contributed by atoms with Gasteiger partial charge in [0.15, 0.2) is 0 Å². The summed E-state index contributed by atoms with van der Waals surface area (Å²) in [5.41, 5.74) is 5.48. The van der Waals surface area contributed by atoms with Gasteiger partial charge in [-0.05, 0) is 37.9 Å². The lowest BCUT2D eigenvalue weighted by Crippen LogP contribution is -2.35. The molecule has 1 saturated carbocycles. The van der Waals surface area contributed by atoms with E-state index in [4.69, 9.17) is 5.73 Å². The lowest BCUT2D eigenvalue weighted by molar-refractivity contribution is -0.134. The highest BCUT2D eigenvalue weighted by molar-refractivity contribution is 7.12. The van der Waals surface area contributed by atoms with Gasteiger partial charge in [0.25, 0.3) is 0 Å². The van der Waals surface area contributed by atoms with E-state index in [1.54, 1.807) is 6.07 Å². The molecule has 16 heavy (non-hydrogen) atoms. The summed E-state index contributed by atoms with van der Waals surface area (Å²) in [4.78, 5) is 0.363. The second kappa shape index (κ2) is 4.04. The number of hydrogen-bond donors (Lipinski definition) is 1. The largest absolute Gasteiger partial charge is 0.425 e. The molecule has 2 rings (SSSR count). The summed E-state index contributed by atoms with van der Waals surface area (Å²) in [7, 11) is 0. The lowest BCUT2D eigenvalue weighted by atomic mass is 9.66. The Labute approximate surface area is 96.5 Å². The third-order valence-corrected chi connectivity index (χ3v) is 4.72. The Hall–Kier alpha value is -0.550. The summed E-state index contributed by atoms with van der Waals surface area (Å²) in [6.45, 7) is 0.541. The van der Waals surface area contributed by atoms with Gasteiger partial charge in [-0.2, -0.15) is 13.2 Å². The predicted octanol–water partition coefficient (Wildman–Crippen LogP) is 3.54. The van der Waals surface area contributed by atoms with E-state index >= 15 is 0 Å². The third kappa shape index (κ3) is 1.98. The van der Waals surface area contributed by atoms with Crippen molar-refractivity contribution < 1.29 is 13.2 Å². The van der Waals surface area contributed by atoms with Crippen LogP contribution in [0.15, 0.2) is 12.1 Å². The molecule has 1 aromatic rings. The van der Waals surface area contributed by atoms with Gasteiger partial charge in [0.2, 0.25) is 0 Å². The van der Waals surface area contributed by atoms with Gasteiger partial charge in [0, 0.05) is 10.3 Å². The molecule has 1 aromatic heterocycles. The van der Waals surface area contributed by atoms with Crippen molar-refractivity contribution in [3.8, 4) is 0 Å². The van der Waals surface area contributed by atoms with Crippen molar-refractivity contribution in [3.63, 3.8) is 0 Å². The van der Waals surface area contributed by atoms with Crippen molar-refractivity contribution in [1.29, 1.82) is 0 Å². The molecule has 1 aliphatic rings. The minimum Gasteiger partial charge on any atom is -0.330 e. The molecule has 0 spiro atoms. The number of nitrogens with two attached hydrogens (primary N) is 1. The van der Waals surface area contributed by atoms with Gasteiger partial charge in [-0.3, -0.25) is 0 Å². The fourth-order valence-corrected chi connectivity index (χ4v) is 3.42. The first-order valence-electron chi connectivity index (χ1n) is 5.35. The SMILES string of the molecule is NCCC1(c2ccc(C(F)(F)F)s2)CCC1. The molecule has 2 N–H and O–H groups in total. The highest BCUT2D eigenvalue weighted by Crippen LogP contribution is 2.50. The van der Waals surface area contributed by atoms with E-state index in [1.807, 2.05) is 0 Å². The van der Waals surface area contributed by atoms with E-state index < -0.39 is 11.1 Å². The highest BCUT2D eigenvalue weighted by Gasteiger charge is 2.41. The van der Waals surface area contributed by atoms with Crippen LogP contribution in [-0.2, 0) is 11.6 Å². The zero-order valence-electron chi connectivity index (χ0n) is 8.81. The molecule has 0 atom stereocenters. The summed E-state index contributed by atoms with van der Waals surface area (Å²) < 4.78 is 37.4. The smallest absolute Gasteiger partial charge is 0.330 e. The number of thiophene rings is 1. The van der Waals surface area contributed by atoms with E-state index in [0.717, 1.165) is 41.9 Å². The summed E-state index contributed by atoms with van der Waals surface area (Å²) in [5, 5.41) is 0. The molecule has 0 aliphatic heterocycles. The first-order chi connectivity index (χ1) is 7.48. The van der Waals surface area contributed by atoms with Gasteiger partial charge in [-0.25, -0.2) is 0 Å². The van der Waals surface area contributed by atoms with Gasteiger partial charge < -0.3 is 5.73 Å². The van der Waals surface area contributed by atoms with Crippen molar-refractivity contribution in [2.75, 3.05) is 6.54 Å². The predicted molar refractivity (Wildman–Crippen MR) is 58.5 cm³/mol. The molecule has 0 bridgehead atoms. The second-order valence-electron chi connectivity index (χ2n) is 4.33. The van der Waals surface area contributed by atoms with E-state index in [1.165, 1.54) is 6.07 Å². The Bertz CT molecular complexity index is 366. The normalized spacial score (nSPS) is 19.5. The number of halogens is 3. The topological polar surface area (TPSA) is 26.0 Å². The minimum atomic E-state index is -4.21. The number of hydrogen-bond acceptors (Lipinski definition) is 2. The molecular weight excluding hydrogens is 235 g/mol. The van der Waals surface area contributed by atoms with Crippen molar-refractivity contribution >= 4 is 11.3 Å². The Balaban J connectivity index is 2.24. The summed E-state index contributed by atoms with van der Waals surface area (Å²) in [5.74, 6) is 0. The quantitative estimate of drug-likeness (QED) is 0.871. The molecule has 0 saturated heterocycles. The second-order valence-corrected chi connectivity index (χ2v) is 5.42. The molecular formula is C11H14F3NS. The van der Waals surface area contributed by atoms with Crippen LogP contribution in [0.4, 0.5) is 13.2 Å². The summed E-state index contributed by atoms with van der Waals surface area (Å²) >= 11 is 0.882. The molecule has 0 radical (unpaired) electrons. The molecule has 1 heterocycles. The standard InChI is InChI=1S/C11H14F3NS/c12-11(13,14)9-3-2-8(16-9)10(6-7-15)4-1-5-10/h2-3H,1,4-7,15H2. The van der Waals surface area contributed by atoms with Crippen molar-refractivity contribution in [1.82, 2.24) is 0 Å². The summed E-state index contributed by atoms with van der Waals surface area (Å²) in [6.07, 6.45) is -0.370. The van der Waals surface area contributed by atoms with Crippen LogP contribution in [0.2, 0.25) is 0 Å². The minimum absolute atomic E-state index is 0.0527. The van der Waals surface area contributed by atoms with Crippen LogP contribution < -0.4 is 5.73 Å². The monoisotopic (exact) mass is 249 g/mol. The molecule has 0 amide bonds. The zero-order chi connectivity index (χ0) is 11.8. The molecule has 90 valence electrons. The lowest BCUT2D eigenvalue weighted by Gasteiger charge is -2.41. The van der Waals surface area contributed by atoms with Crippen LogP contribution in [0.5, 0.6) is 0 Å². The van der Waals surface area contributed by atoms with Crippen LogP contribution in [0.25, 0.3) is 0 Å². The molecule has 1 fully saturated rings. The number of rotatable bonds is 3. The first kappa shape index (κ1) is 11.9. The molecule has 0 aromatic carbocycles. The highest BCUT2D eigenvalue weighted by atomic mass is 32.1. The van der Waals surface area contributed by atoms with Gasteiger partial charge >= 0.3 is 6.18 Å². The fourth-order valence-electron chi connectivity index (χ4n) is 2.27. The van der Waals surface area contributed by atoms with Crippen LogP contribution >= 0.6 is 11.3 Å². The van der Waals surface area contributed by atoms with E-state index in [2.05, 4.69) is 0 Å². The van der Waals surface area contributed by atoms with Gasteiger partial charge in [0.05, 0.1) is 0 Å². The van der Waals surface area contributed by atoms with E-state index in [0.29, 0.717) is 6.54 Å². The Kier molecular flexibility index (Phi) is 3.01. The van der Waals surface area contributed by atoms with Crippen molar-refractivity contribution in [2.45, 2.75) is 37.3 Å². The van der Waals surface area contributed by atoms with Crippen LogP contribution in [0.1, 0.15) is 35.4 Å². The van der Waals surface area contributed by atoms with Crippen LogP contribution in [0.3, 0.4) is 0 Å². The molecule has 5 heteroatoms. The molecule has 0 unspecified atom stereocenters. The van der Waals surface area contributed by atoms with Gasteiger partial charge in [0.1, 0.15) is 4.88 Å². The van der Waals surface area contributed by atoms with Gasteiger partial charge in [-0.15, -0.1) is 11.3 Å².